The van der Waals surface area contributed by atoms with Crippen LogP contribution in [0.4, 0.5) is 4.39 Å². The van der Waals surface area contributed by atoms with Gasteiger partial charge in [-0.25, -0.2) is 4.39 Å². The number of benzene rings is 2. The molecule has 1 aromatic heterocycles. The minimum atomic E-state index is -0.306. The minimum absolute atomic E-state index is 0.0695. The molecule has 2 aromatic carbocycles. The van der Waals surface area contributed by atoms with E-state index in [-0.39, 0.29) is 36.5 Å². The van der Waals surface area contributed by atoms with Crippen LogP contribution < -0.4 is 5.32 Å². The largest absolute Gasteiger partial charge is 0.356 e. The van der Waals surface area contributed by atoms with Crippen LogP contribution in [0.25, 0.3) is 0 Å². The van der Waals surface area contributed by atoms with E-state index in [1.807, 2.05) is 48.7 Å². The Hall–Kier alpha value is -3.41. The average molecular weight is 420 g/mol. The number of hydrogen-bond donors (Lipinski definition) is 1. The highest BCUT2D eigenvalue weighted by Crippen LogP contribution is 2.33. The zero-order chi connectivity index (χ0) is 21.6. The molecule has 6 heteroatoms. The second-order valence-corrected chi connectivity index (χ2v) is 7.75. The molecule has 1 aliphatic rings. The smallest absolute Gasteiger partial charge is 0.223 e. The number of carbonyl (C=O) groups excluding carboxylic acids is 2. The predicted molar refractivity (Wildman–Crippen MR) is 117 cm³/mol. The number of carbonyl (C=O) groups is 2. The molecule has 2 amide bonds. The van der Waals surface area contributed by atoms with Crippen molar-refractivity contribution in [2.75, 3.05) is 13.1 Å². The van der Waals surface area contributed by atoms with Gasteiger partial charge in [-0.3, -0.25) is 9.59 Å². The van der Waals surface area contributed by atoms with Gasteiger partial charge in [-0.1, -0.05) is 42.5 Å². The van der Waals surface area contributed by atoms with Gasteiger partial charge in [0.1, 0.15) is 5.82 Å². The molecule has 0 saturated carbocycles. The number of aromatic nitrogens is 1. The van der Waals surface area contributed by atoms with Crippen LogP contribution in [0.3, 0.4) is 0 Å². The third-order valence-corrected chi connectivity index (χ3v) is 5.69. The molecule has 0 aliphatic carbocycles. The number of hydrogen-bond acceptors (Lipinski definition) is 2. The Morgan fingerprint density at radius 1 is 0.935 bits per heavy atom. The Bertz CT molecular complexity index is 1030. The molecule has 0 saturated heterocycles. The maximum atomic E-state index is 13.4. The Morgan fingerprint density at radius 2 is 1.71 bits per heavy atom. The summed E-state index contributed by atoms with van der Waals surface area (Å²) in [6.45, 7) is 1.81. The number of rotatable bonds is 7. The highest BCUT2D eigenvalue weighted by Gasteiger charge is 2.32. The monoisotopic (exact) mass is 419 g/mol. The Kier molecular flexibility index (Phi) is 6.46. The number of nitrogens with one attached hydrogen (secondary N) is 1. The summed E-state index contributed by atoms with van der Waals surface area (Å²) in [5.74, 6) is -0.497. The summed E-state index contributed by atoms with van der Waals surface area (Å²) < 4.78 is 15.6. The van der Waals surface area contributed by atoms with Crippen molar-refractivity contribution in [3.05, 3.63) is 95.6 Å². The van der Waals surface area contributed by atoms with E-state index in [4.69, 9.17) is 0 Å². The Morgan fingerprint density at radius 3 is 2.48 bits per heavy atom. The molecule has 0 bridgehead atoms. The number of amides is 2. The lowest BCUT2D eigenvalue weighted by Gasteiger charge is -2.37. The molecule has 4 rings (SSSR count). The molecule has 160 valence electrons. The lowest BCUT2D eigenvalue weighted by atomic mass is 9.99. The summed E-state index contributed by atoms with van der Waals surface area (Å²) in [5.41, 5.74) is 3.03. The molecular weight excluding hydrogens is 393 g/mol. The van der Waals surface area contributed by atoms with Crippen molar-refractivity contribution in [2.24, 2.45) is 0 Å². The van der Waals surface area contributed by atoms with Crippen molar-refractivity contribution < 1.29 is 14.0 Å². The fourth-order valence-corrected chi connectivity index (χ4v) is 4.09. The molecule has 1 aliphatic heterocycles. The molecule has 3 aromatic rings. The zero-order valence-electron chi connectivity index (χ0n) is 17.3. The van der Waals surface area contributed by atoms with Crippen LogP contribution in [-0.4, -0.2) is 34.4 Å². The second-order valence-electron chi connectivity index (χ2n) is 7.75. The minimum Gasteiger partial charge on any atom is -0.356 e. The van der Waals surface area contributed by atoms with Crippen molar-refractivity contribution in [2.45, 2.75) is 31.8 Å². The first kappa shape index (κ1) is 20.8. The van der Waals surface area contributed by atoms with Crippen LogP contribution in [0, 0.1) is 5.82 Å². The van der Waals surface area contributed by atoms with E-state index in [0.29, 0.717) is 19.6 Å². The van der Waals surface area contributed by atoms with E-state index in [2.05, 4.69) is 9.88 Å². The van der Waals surface area contributed by atoms with E-state index < -0.39 is 0 Å². The van der Waals surface area contributed by atoms with Crippen LogP contribution in [0.5, 0.6) is 0 Å². The van der Waals surface area contributed by atoms with Gasteiger partial charge in [-0.2, -0.15) is 0 Å². The van der Waals surface area contributed by atoms with Crippen molar-refractivity contribution in [3.8, 4) is 0 Å². The molecule has 0 fully saturated rings. The second kappa shape index (κ2) is 9.60. The van der Waals surface area contributed by atoms with Gasteiger partial charge in [-0.15, -0.1) is 0 Å². The van der Waals surface area contributed by atoms with Crippen molar-refractivity contribution in [1.29, 1.82) is 0 Å². The third-order valence-electron chi connectivity index (χ3n) is 5.69. The van der Waals surface area contributed by atoms with Crippen LogP contribution in [0.2, 0.25) is 0 Å². The quantitative estimate of drug-likeness (QED) is 0.635. The first-order chi connectivity index (χ1) is 15.1. The van der Waals surface area contributed by atoms with Crippen LogP contribution >= 0.6 is 0 Å². The molecular formula is C25H26FN3O2. The van der Waals surface area contributed by atoms with E-state index >= 15 is 0 Å². The Balaban J connectivity index is 1.36. The molecule has 0 spiro atoms. The molecule has 5 nitrogen and oxygen atoms in total. The molecule has 1 atom stereocenters. The third kappa shape index (κ3) is 5.02. The first-order valence-corrected chi connectivity index (χ1v) is 10.6. The standard InChI is InChI=1S/C25H26FN3O2/c26-21-10-8-20(9-11-21)25-22-7-4-16-28(22)17-18-29(25)24(31)13-12-23(30)27-15-14-19-5-2-1-3-6-19/h1-11,16,25H,12-15,17-18H2,(H,27,30). The van der Waals surface area contributed by atoms with Crippen molar-refractivity contribution in [3.63, 3.8) is 0 Å². The molecule has 2 heterocycles. The fraction of sp³-hybridized carbons (Fsp3) is 0.280. The average Bonchev–Trinajstić information content (AvgIpc) is 3.27. The zero-order valence-corrected chi connectivity index (χ0v) is 17.3. The predicted octanol–water partition coefficient (Wildman–Crippen LogP) is 3.70. The van der Waals surface area contributed by atoms with Gasteiger partial charge in [0.05, 0.1) is 6.04 Å². The number of halogens is 1. The van der Waals surface area contributed by atoms with E-state index in [0.717, 1.165) is 23.2 Å². The summed E-state index contributed by atoms with van der Waals surface area (Å²) in [6, 6.07) is 19.9. The SMILES string of the molecule is O=C(CCC(=O)N1CCn2cccc2C1c1ccc(F)cc1)NCCc1ccccc1. The highest BCUT2D eigenvalue weighted by molar-refractivity contribution is 5.84. The van der Waals surface area contributed by atoms with Gasteiger partial charge in [0.25, 0.3) is 0 Å². The summed E-state index contributed by atoms with van der Waals surface area (Å²) in [4.78, 5) is 27.1. The van der Waals surface area contributed by atoms with Gasteiger partial charge >= 0.3 is 0 Å². The molecule has 1 unspecified atom stereocenters. The summed E-state index contributed by atoms with van der Waals surface area (Å²) in [5, 5.41) is 2.89. The number of nitrogens with zero attached hydrogens (tertiary/aromatic N) is 2. The van der Waals surface area contributed by atoms with Crippen LogP contribution in [-0.2, 0) is 22.6 Å². The highest BCUT2D eigenvalue weighted by atomic mass is 19.1. The lowest BCUT2D eigenvalue weighted by molar-refractivity contribution is -0.136. The summed E-state index contributed by atoms with van der Waals surface area (Å²) >= 11 is 0. The van der Waals surface area contributed by atoms with Gasteiger partial charge in [0.15, 0.2) is 0 Å². The van der Waals surface area contributed by atoms with Gasteiger partial charge in [0, 0.05) is 44.4 Å². The normalized spacial score (nSPS) is 15.4. The van der Waals surface area contributed by atoms with Crippen LogP contribution in [0.15, 0.2) is 72.9 Å². The van der Waals surface area contributed by atoms with Gasteiger partial charge < -0.3 is 14.8 Å². The summed E-state index contributed by atoms with van der Waals surface area (Å²) in [7, 11) is 0. The van der Waals surface area contributed by atoms with Gasteiger partial charge in [-0.05, 0) is 41.8 Å². The molecule has 0 radical (unpaired) electrons. The van der Waals surface area contributed by atoms with Crippen molar-refractivity contribution in [1.82, 2.24) is 14.8 Å². The van der Waals surface area contributed by atoms with Crippen LogP contribution in [0.1, 0.15) is 35.7 Å². The molecule has 31 heavy (non-hydrogen) atoms. The maximum absolute atomic E-state index is 13.4. The fourth-order valence-electron chi connectivity index (χ4n) is 4.09. The Labute approximate surface area is 181 Å². The topological polar surface area (TPSA) is 54.3 Å². The van der Waals surface area contributed by atoms with E-state index in [1.165, 1.54) is 12.1 Å². The van der Waals surface area contributed by atoms with Gasteiger partial charge in [0.2, 0.25) is 11.8 Å². The number of fused-ring (bicyclic) bond motifs is 1. The lowest BCUT2D eigenvalue weighted by Crippen LogP contribution is -2.42. The molecule has 1 N–H and O–H groups in total. The maximum Gasteiger partial charge on any atom is 0.223 e. The van der Waals surface area contributed by atoms with E-state index in [9.17, 15) is 14.0 Å². The first-order valence-electron chi connectivity index (χ1n) is 10.6. The summed E-state index contributed by atoms with van der Waals surface area (Å²) in [6.07, 6.45) is 3.06. The van der Waals surface area contributed by atoms with E-state index in [1.54, 1.807) is 17.0 Å². The van der Waals surface area contributed by atoms with Crippen molar-refractivity contribution >= 4 is 11.8 Å².